The first-order valence-corrected chi connectivity index (χ1v) is 20.0. The first kappa shape index (κ1) is 42.2. The number of nitro benzene ring substituents is 1. The van der Waals surface area contributed by atoms with E-state index in [9.17, 15) is 25.1 Å². The van der Waals surface area contributed by atoms with Crippen LogP contribution in [0.3, 0.4) is 0 Å². The van der Waals surface area contributed by atoms with Gasteiger partial charge in [0.2, 0.25) is 11.7 Å². The lowest BCUT2D eigenvalue weighted by Crippen LogP contribution is -2.69. The highest BCUT2D eigenvalue weighted by Crippen LogP contribution is 2.61. The molecule has 1 fully saturated rings. The van der Waals surface area contributed by atoms with Crippen molar-refractivity contribution in [3.8, 4) is 11.5 Å². The average molecular weight is 795 g/mol. The van der Waals surface area contributed by atoms with Gasteiger partial charge in [0, 0.05) is 62.1 Å². The third-order valence-electron chi connectivity index (χ3n) is 11.5. The first-order valence-electron chi connectivity index (χ1n) is 20.0. The fraction of sp³-hybridized carbons (Fsp3) is 0.444. The molecule has 3 aromatic rings. The summed E-state index contributed by atoms with van der Waals surface area (Å²) in [5.41, 5.74) is 4.87. The second-order valence-electron chi connectivity index (χ2n) is 15.1. The number of carbonyl (C=O) groups excluding carboxylic acids is 1. The largest absolute Gasteiger partial charge is 0.487 e. The number of hydrogen-bond donors (Lipinski definition) is 2. The molecule has 58 heavy (non-hydrogen) atoms. The number of unbranched alkanes of at least 4 members (excludes halogenated alkanes) is 2. The van der Waals surface area contributed by atoms with Gasteiger partial charge in [-0.2, -0.15) is 0 Å². The number of pyridine rings is 1. The van der Waals surface area contributed by atoms with Crippen molar-refractivity contribution in [1.82, 2.24) is 9.88 Å². The van der Waals surface area contributed by atoms with Gasteiger partial charge in [-0.25, -0.2) is 0 Å². The van der Waals surface area contributed by atoms with E-state index in [0.29, 0.717) is 35.6 Å². The molecule has 2 aromatic carbocycles. The van der Waals surface area contributed by atoms with Crippen LogP contribution in [0.5, 0.6) is 11.5 Å². The lowest BCUT2D eigenvalue weighted by molar-refractivity contribution is -0.384. The van der Waals surface area contributed by atoms with Crippen molar-refractivity contribution >= 4 is 23.4 Å². The highest BCUT2D eigenvalue weighted by molar-refractivity contribution is 6.03. The van der Waals surface area contributed by atoms with Crippen molar-refractivity contribution in [2.75, 3.05) is 34.0 Å². The summed E-state index contributed by atoms with van der Waals surface area (Å²) in [6.45, 7) is 6.52. The molecule has 2 heterocycles. The van der Waals surface area contributed by atoms with E-state index in [2.05, 4.69) is 28.9 Å². The highest BCUT2D eigenvalue weighted by atomic mass is 16.7. The van der Waals surface area contributed by atoms with E-state index in [1.165, 1.54) is 25.3 Å². The number of nitro groups is 1. The van der Waals surface area contributed by atoms with Crippen LogP contribution in [0.25, 0.3) is 6.08 Å². The van der Waals surface area contributed by atoms with Gasteiger partial charge in [-0.05, 0) is 104 Å². The third kappa shape index (κ3) is 9.17. The summed E-state index contributed by atoms with van der Waals surface area (Å²) in [7, 11) is 3.23. The van der Waals surface area contributed by atoms with E-state index in [1.54, 1.807) is 36.2 Å². The zero-order valence-electron chi connectivity index (χ0n) is 33.5. The Hall–Kier alpha value is -5.37. The standard InChI is InChI=1S/C45H54N4O9/c1-5-25-57-45-41(48(3)42(52)22-17-31-15-18-34(19-16-31)49(53)54)28-39(47-55-4)37-26-32(12-6-8-23-50)36(14-7-9-24-51)43(44(37)45)38-27-35(20-21-40(38)58-45)56-29-33-13-10-11-30(2)46-33/h5,10-11,13,15-22,26-27,32,36,41,43-44,50-51H,1,6-9,12,14,23-25,28-29H2,2-4H3. The fourth-order valence-corrected chi connectivity index (χ4v) is 8.91. The molecule has 3 aliphatic rings. The molecule has 6 unspecified atom stereocenters. The molecule has 2 N–H and O–H groups in total. The van der Waals surface area contributed by atoms with Gasteiger partial charge in [-0.3, -0.25) is 19.9 Å². The molecule has 0 bridgehead atoms. The molecule has 6 rings (SSSR count). The van der Waals surface area contributed by atoms with Gasteiger partial charge in [-0.1, -0.05) is 36.2 Å². The Morgan fingerprint density at radius 2 is 1.86 bits per heavy atom. The van der Waals surface area contributed by atoms with Crippen LogP contribution in [0.1, 0.15) is 73.4 Å². The predicted molar refractivity (Wildman–Crippen MR) is 220 cm³/mol. The maximum absolute atomic E-state index is 14.2. The summed E-state index contributed by atoms with van der Waals surface area (Å²) in [5.74, 6) is -0.941. The Morgan fingerprint density at radius 1 is 1.10 bits per heavy atom. The zero-order chi connectivity index (χ0) is 41.2. The number of aryl methyl sites for hydroxylation is 1. The number of aliphatic hydroxyl groups excluding tert-OH is 2. The van der Waals surface area contributed by atoms with Crippen molar-refractivity contribution in [2.45, 2.75) is 76.2 Å². The third-order valence-corrected chi connectivity index (χ3v) is 11.5. The van der Waals surface area contributed by atoms with Crippen LogP contribution in [0.2, 0.25) is 0 Å². The second-order valence-corrected chi connectivity index (χ2v) is 15.1. The molecule has 13 nitrogen and oxygen atoms in total. The summed E-state index contributed by atoms with van der Waals surface area (Å²) in [6.07, 6.45) is 11.9. The van der Waals surface area contributed by atoms with Crippen LogP contribution < -0.4 is 9.47 Å². The van der Waals surface area contributed by atoms with Gasteiger partial charge in [0.05, 0.1) is 28.9 Å². The van der Waals surface area contributed by atoms with Crippen LogP contribution in [-0.2, 0) is 21.0 Å². The lowest BCUT2D eigenvalue weighted by atomic mass is 9.55. The predicted octanol–water partition coefficient (Wildman–Crippen LogP) is 7.31. The molecule has 2 aliphatic carbocycles. The number of nitrogens with zero attached hydrogens (tertiary/aromatic N) is 4. The molecule has 0 saturated heterocycles. The number of aromatic nitrogens is 1. The Kier molecular flexibility index (Phi) is 14.1. The van der Waals surface area contributed by atoms with Gasteiger partial charge in [0.25, 0.3) is 5.69 Å². The van der Waals surface area contributed by atoms with E-state index >= 15 is 0 Å². The summed E-state index contributed by atoms with van der Waals surface area (Å²) >= 11 is 0. The molecular formula is C45H54N4O9. The van der Waals surface area contributed by atoms with E-state index in [-0.39, 0.29) is 62.2 Å². The van der Waals surface area contributed by atoms with Crippen LogP contribution in [-0.4, -0.2) is 82.4 Å². The molecule has 1 amide bonds. The minimum atomic E-state index is -1.39. The summed E-state index contributed by atoms with van der Waals surface area (Å²) in [5, 5.41) is 35.4. The molecule has 1 aliphatic heterocycles. The molecule has 1 aromatic heterocycles. The van der Waals surface area contributed by atoms with Gasteiger partial charge >= 0.3 is 0 Å². The average Bonchev–Trinajstić information content (AvgIpc) is 3.22. The van der Waals surface area contributed by atoms with Crippen molar-refractivity contribution in [2.24, 2.45) is 22.9 Å². The minimum absolute atomic E-state index is 0.0398. The number of benzene rings is 2. The van der Waals surface area contributed by atoms with E-state index in [4.69, 9.17) is 19.0 Å². The maximum Gasteiger partial charge on any atom is 0.269 e. The number of likely N-dealkylation sites (N-methyl/N-ethyl adjacent to an activating group) is 1. The summed E-state index contributed by atoms with van der Waals surface area (Å²) in [4.78, 5) is 36.6. The van der Waals surface area contributed by atoms with Crippen LogP contribution in [0.15, 0.2) is 96.2 Å². The van der Waals surface area contributed by atoms with Crippen molar-refractivity contribution in [3.05, 3.63) is 124 Å². The zero-order valence-corrected chi connectivity index (χ0v) is 33.5. The smallest absolute Gasteiger partial charge is 0.269 e. The quantitative estimate of drug-likeness (QED) is 0.0413. The van der Waals surface area contributed by atoms with Crippen molar-refractivity contribution in [1.29, 1.82) is 0 Å². The summed E-state index contributed by atoms with van der Waals surface area (Å²) in [6, 6.07) is 17.0. The molecule has 0 radical (unpaired) electrons. The number of allylic oxidation sites excluding steroid dienone is 1. The number of rotatable bonds is 19. The minimum Gasteiger partial charge on any atom is -0.487 e. The second kappa shape index (κ2) is 19.4. The summed E-state index contributed by atoms with van der Waals surface area (Å²) < 4.78 is 20.5. The van der Waals surface area contributed by atoms with Crippen LogP contribution in [0, 0.1) is 34.8 Å². The van der Waals surface area contributed by atoms with Gasteiger partial charge < -0.3 is 34.2 Å². The molecule has 13 heteroatoms. The van der Waals surface area contributed by atoms with E-state index < -0.39 is 22.7 Å². The van der Waals surface area contributed by atoms with Gasteiger partial charge in [-0.15, -0.1) is 6.58 Å². The van der Waals surface area contributed by atoms with Crippen LogP contribution >= 0.6 is 0 Å². The Morgan fingerprint density at radius 3 is 2.55 bits per heavy atom. The maximum atomic E-state index is 14.2. The number of amides is 1. The van der Waals surface area contributed by atoms with Gasteiger partial charge in [0.15, 0.2) is 0 Å². The van der Waals surface area contributed by atoms with Crippen LogP contribution in [0.4, 0.5) is 5.69 Å². The number of oxime groups is 1. The topological polar surface area (TPSA) is 166 Å². The molecule has 6 atom stereocenters. The van der Waals surface area contributed by atoms with E-state index in [1.807, 2.05) is 37.3 Å². The Bertz CT molecular complexity index is 2010. The number of carbonyl (C=O) groups is 1. The molecule has 308 valence electrons. The number of fused-ring (bicyclic) bond motifs is 2. The monoisotopic (exact) mass is 794 g/mol. The number of hydrogen-bond acceptors (Lipinski definition) is 11. The van der Waals surface area contributed by atoms with Crippen molar-refractivity contribution in [3.63, 3.8) is 0 Å². The van der Waals surface area contributed by atoms with Gasteiger partial charge in [0.1, 0.15) is 31.3 Å². The Labute approximate surface area is 339 Å². The molecule has 1 saturated carbocycles. The molecular weight excluding hydrogens is 741 g/mol. The normalized spacial score (nSPS) is 24.0. The van der Waals surface area contributed by atoms with Crippen molar-refractivity contribution < 1.29 is 39.0 Å². The Balaban J connectivity index is 1.48. The SMILES string of the molecule is C=CCOC12Oc3ccc(OCc4cccc(C)n4)cc3C3C(CCCCO)C(CCCCO)C=C(C(=NOC)CC1N(C)C(=O)C=Cc1ccc([N+](=O)[O-])cc1)C32. The number of ether oxygens (including phenoxy) is 3. The highest BCUT2D eigenvalue weighted by Gasteiger charge is 2.65. The first-order chi connectivity index (χ1) is 28.1. The van der Waals surface area contributed by atoms with E-state index in [0.717, 1.165) is 48.2 Å². The lowest BCUT2D eigenvalue weighted by Gasteiger charge is -2.59. The number of non-ortho nitro benzene ring substituents is 1. The molecule has 0 spiro atoms. The fourth-order valence-electron chi connectivity index (χ4n) is 8.91. The number of aliphatic hydroxyl groups is 2.